The number of nitrogens with zero attached hydrogens (tertiary/aromatic N) is 2. The van der Waals surface area contributed by atoms with Crippen LogP contribution in [-0.2, 0) is 11.3 Å². The summed E-state index contributed by atoms with van der Waals surface area (Å²) in [6.07, 6.45) is 1.56. The molecule has 2 aromatic heterocycles. The maximum Gasteiger partial charge on any atom is 0.277 e. The number of nitrogens with one attached hydrogen (secondary N) is 1. The normalized spacial score (nSPS) is 12.8. The first-order valence-corrected chi connectivity index (χ1v) is 8.92. The van der Waals surface area contributed by atoms with Gasteiger partial charge in [0.15, 0.2) is 11.5 Å². The molecule has 0 saturated carbocycles. The number of carbonyl (C=O) groups is 1. The Kier molecular flexibility index (Phi) is 4.78. The molecular formula is C17H15N3O5S. The van der Waals surface area contributed by atoms with Crippen molar-refractivity contribution in [2.45, 2.75) is 11.8 Å². The van der Waals surface area contributed by atoms with Crippen molar-refractivity contribution < 1.29 is 23.1 Å². The number of thioether (sulfide) groups is 1. The summed E-state index contributed by atoms with van der Waals surface area (Å²) in [5.74, 6) is 2.43. The lowest BCUT2D eigenvalue weighted by atomic mass is 10.2. The molecule has 3 heterocycles. The quantitative estimate of drug-likeness (QED) is 0.658. The van der Waals surface area contributed by atoms with E-state index < -0.39 is 0 Å². The second-order valence-corrected chi connectivity index (χ2v) is 6.30. The van der Waals surface area contributed by atoms with Crippen LogP contribution >= 0.6 is 11.8 Å². The average molecular weight is 373 g/mol. The molecule has 0 atom stereocenters. The summed E-state index contributed by atoms with van der Waals surface area (Å²) in [5, 5.41) is 11.1. The second kappa shape index (κ2) is 7.52. The van der Waals surface area contributed by atoms with Crippen molar-refractivity contribution in [2.75, 3.05) is 19.0 Å². The van der Waals surface area contributed by atoms with Gasteiger partial charge >= 0.3 is 0 Å². The summed E-state index contributed by atoms with van der Waals surface area (Å²) in [6.45, 7) is 1.39. The van der Waals surface area contributed by atoms with Gasteiger partial charge < -0.3 is 23.6 Å². The Morgan fingerprint density at radius 1 is 1.15 bits per heavy atom. The van der Waals surface area contributed by atoms with Crippen molar-refractivity contribution in [1.82, 2.24) is 15.5 Å². The van der Waals surface area contributed by atoms with Crippen molar-refractivity contribution in [3.8, 4) is 23.0 Å². The van der Waals surface area contributed by atoms with Gasteiger partial charge in [-0.1, -0.05) is 11.8 Å². The first-order valence-electron chi connectivity index (χ1n) is 7.93. The Morgan fingerprint density at radius 2 is 2.04 bits per heavy atom. The number of amides is 1. The average Bonchev–Trinajstić information content (AvgIpc) is 3.36. The molecule has 26 heavy (non-hydrogen) atoms. The molecular weight excluding hydrogens is 358 g/mol. The zero-order chi connectivity index (χ0) is 17.8. The molecule has 1 aliphatic rings. The fourth-order valence-electron chi connectivity index (χ4n) is 2.34. The highest BCUT2D eigenvalue weighted by Gasteiger charge is 2.16. The third kappa shape index (κ3) is 3.83. The van der Waals surface area contributed by atoms with E-state index >= 15 is 0 Å². The van der Waals surface area contributed by atoms with Crippen molar-refractivity contribution in [3.05, 3.63) is 42.4 Å². The Labute approximate surface area is 152 Å². The minimum atomic E-state index is -0.148. The lowest BCUT2D eigenvalue weighted by Gasteiger charge is -2.18. The first-order chi connectivity index (χ1) is 12.8. The SMILES string of the molecule is O=C(CSc1nnc(-c2ccc3c(c2)OCCO3)o1)NCc1ccco1. The van der Waals surface area contributed by atoms with Crippen LogP contribution in [0.15, 0.2) is 50.7 Å². The summed E-state index contributed by atoms with van der Waals surface area (Å²) >= 11 is 1.17. The molecule has 0 spiro atoms. The summed E-state index contributed by atoms with van der Waals surface area (Å²) in [4.78, 5) is 11.9. The van der Waals surface area contributed by atoms with Gasteiger partial charge in [0, 0.05) is 5.56 Å². The molecule has 1 aromatic carbocycles. The number of hydrogen-bond donors (Lipinski definition) is 1. The van der Waals surface area contributed by atoms with Gasteiger partial charge in [0.1, 0.15) is 19.0 Å². The molecule has 0 unspecified atom stereocenters. The zero-order valence-corrected chi connectivity index (χ0v) is 14.5. The van der Waals surface area contributed by atoms with Crippen molar-refractivity contribution in [1.29, 1.82) is 0 Å². The minimum absolute atomic E-state index is 0.148. The predicted molar refractivity (Wildman–Crippen MR) is 92.0 cm³/mol. The van der Waals surface area contributed by atoms with Crippen LogP contribution in [0.2, 0.25) is 0 Å². The van der Waals surface area contributed by atoms with Crippen LogP contribution in [0.4, 0.5) is 0 Å². The van der Waals surface area contributed by atoms with Crippen molar-refractivity contribution >= 4 is 17.7 Å². The van der Waals surface area contributed by atoms with Gasteiger partial charge in [-0.05, 0) is 30.3 Å². The van der Waals surface area contributed by atoms with E-state index in [1.54, 1.807) is 24.5 Å². The number of furan rings is 1. The minimum Gasteiger partial charge on any atom is -0.486 e. The van der Waals surface area contributed by atoms with Gasteiger partial charge in [-0.15, -0.1) is 10.2 Å². The van der Waals surface area contributed by atoms with E-state index in [9.17, 15) is 4.79 Å². The molecule has 134 valence electrons. The van der Waals surface area contributed by atoms with Crippen LogP contribution in [-0.4, -0.2) is 35.1 Å². The van der Waals surface area contributed by atoms with Gasteiger partial charge in [0.25, 0.3) is 5.22 Å². The Balaban J connectivity index is 1.33. The maximum absolute atomic E-state index is 11.9. The van der Waals surface area contributed by atoms with Crippen LogP contribution in [0.25, 0.3) is 11.5 Å². The molecule has 9 heteroatoms. The number of fused-ring (bicyclic) bond motifs is 1. The Morgan fingerprint density at radius 3 is 2.88 bits per heavy atom. The smallest absolute Gasteiger partial charge is 0.277 e. The largest absolute Gasteiger partial charge is 0.486 e. The highest BCUT2D eigenvalue weighted by Crippen LogP contribution is 2.34. The number of carbonyl (C=O) groups excluding carboxylic acids is 1. The molecule has 3 aromatic rings. The molecule has 0 radical (unpaired) electrons. The lowest BCUT2D eigenvalue weighted by molar-refractivity contribution is -0.118. The van der Waals surface area contributed by atoms with Crippen LogP contribution in [0.1, 0.15) is 5.76 Å². The monoisotopic (exact) mass is 373 g/mol. The highest BCUT2D eigenvalue weighted by molar-refractivity contribution is 7.99. The first kappa shape index (κ1) is 16.5. The van der Waals surface area contributed by atoms with Crippen molar-refractivity contribution in [3.63, 3.8) is 0 Å². The van der Waals surface area contributed by atoms with Gasteiger partial charge in [-0.3, -0.25) is 4.79 Å². The summed E-state index contributed by atoms with van der Waals surface area (Å²) in [5.41, 5.74) is 0.732. The molecule has 0 saturated heterocycles. The zero-order valence-electron chi connectivity index (χ0n) is 13.6. The van der Waals surface area contributed by atoms with E-state index in [1.165, 1.54) is 11.8 Å². The topological polar surface area (TPSA) is 99.6 Å². The fourth-order valence-corrected chi connectivity index (χ4v) is 2.93. The van der Waals surface area contributed by atoms with Crippen LogP contribution in [0.3, 0.4) is 0 Å². The third-order valence-electron chi connectivity index (χ3n) is 3.56. The molecule has 1 N–H and O–H groups in total. The number of hydrogen-bond acceptors (Lipinski definition) is 8. The van der Waals surface area contributed by atoms with E-state index in [2.05, 4.69) is 15.5 Å². The molecule has 8 nitrogen and oxygen atoms in total. The van der Waals surface area contributed by atoms with Crippen LogP contribution in [0.5, 0.6) is 11.5 Å². The second-order valence-electron chi connectivity index (χ2n) is 5.38. The van der Waals surface area contributed by atoms with E-state index in [0.29, 0.717) is 48.1 Å². The summed E-state index contributed by atoms with van der Waals surface area (Å²) in [7, 11) is 0. The van der Waals surface area contributed by atoms with Gasteiger partial charge in [0.05, 0.1) is 18.6 Å². The van der Waals surface area contributed by atoms with Crippen LogP contribution < -0.4 is 14.8 Å². The third-order valence-corrected chi connectivity index (χ3v) is 4.38. The summed E-state index contributed by atoms with van der Waals surface area (Å²) < 4.78 is 21.8. The number of aromatic nitrogens is 2. The Hall–Kier alpha value is -2.94. The maximum atomic E-state index is 11.9. The molecule has 0 bridgehead atoms. The lowest BCUT2D eigenvalue weighted by Crippen LogP contribution is -2.24. The van der Waals surface area contributed by atoms with E-state index in [0.717, 1.165) is 5.56 Å². The van der Waals surface area contributed by atoms with E-state index in [1.807, 2.05) is 12.1 Å². The standard InChI is InChI=1S/C17H15N3O5S/c21-15(18-9-12-2-1-5-22-12)10-26-17-20-19-16(25-17)11-3-4-13-14(8-11)24-7-6-23-13/h1-5,8H,6-7,9-10H2,(H,18,21). The number of benzene rings is 1. The van der Waals surface area contributed by atoms with E-state index in [-0.39, 0.29) is 11.7 Å². The predicted octanol–water partition coefficient (Wildman–Crippen LogP) is 2.51. The molecule has 4 rings (SSSR count). The van der Waals surface area contributed by atoms with Crippen molar-refractivity contribution in [2.24, 2.45) is 0 Å². The number of ether oxygens (including phenoxy) is 2. The van der Waals surface area contributed by atoms with Gasteiger partial charge in [0.2, 0.25) is 11.8 Å². The fraction of sp³-hybridized carbons (Fsp3) is 0.235. The molecule has 1 aliphatic heterocycles. The highest BCUT2D eigenvalue weighted by atomic mass is 32.2. The van der Waals surface area contributed by atoms with Gasteiger partial charge in [-0.2, -0.15) is 0 Å². The Bertz CT molecular complexity index is 894. The molecule has 0 fully saturated rings. The van der Waals surface area contributed by atoms with E-state index in [4.69, 9.17) is 18.3 Å². The van der Waals surface area contributed by atoms with Crippen LogP contribution in [0, 0.1) is 0 Å². The van der Waals surface area contributed by atoms with Gasteiger partial charge in [-0.25, -0.2) is 0 Å². The molecule has 0 aliphatic carbocycles. The molecule has 1 amide bonds. The summed E-state index contributed by atoms with van der Waals surface area (Å²) in [6, 6.07) is 9.00. The number of rotatable bonds is 6.